The lowest BCUT2D eigenvalue weighted by molar-refractivity contribution is 0.282. The average Bonchev–Trinajstić information content (AvgIpc) is 2.64. The number of hydrogen-bond acceptors (Lipinski definition) is 3. The third kappa shape index (κ3) is 2.91. The van der Waals surface area contributed by atoms with Crippen molar-refractivity contribution in [2.75, 3.05) is 5.32 Å². The molecule has 0 unspecified atom stereocenters. The molecule has 3 heteroatoms. The topological polar surface area (TPSA) is 45.2 Å². The maximum Gasteiger partial charge on any atom is 0.0733 e. The van der Waals surface area contributed by atoms with Crippen LogP contribution in [0.1, 0.15) is 22.3 Å². The standard InChI is InChI=1S/C23H22N2O/c1-14-4-9-21-19(10-14)23(24-18-7-5-17(13-26)6-8-18)20-11-15(2)16(3)12-22(20)25-21/h4-12,26H,13H2,1-3H3,(H,24,25). The first kappa shape index (κ1) is 16.6. The van der Waals surface area contributed by atoms with Crippen LogP contribution in [0.2, 0.25) is 0 Å². The van der Waals surface area contributed by atoms with Crippen LogP contribution in [-0.4, -0.2) is 10.1 Å². The second kappa shape index (κ2) is 6.43. The van der Waals surface area contributed by atoms with Gasteiger partial charge in [0.1, 0.15) is 0 Å². The van der Waals surface area contributed by atoms with E-state index in [1.165, 1.54) is 16.7 Å². The molecular formula is C23H22N2O. The van der Waals surface area contributed by atoms with Crippen LogP contribution in [0.3, 0.4) is 0 Å². The van der Waals surface area contributed by atoms with Crippen LogP contribution in [0.25, 0.3) is 21.8 Å². The number of hydrogen-bond donors (Lipinski definition) is 2. The minimum absolute atomic E-state index is 0.0546. The van der Waals surface area contributed by atoms with Gasteiger partial charge in [-0.15, -0.1) is 0 Å². The Morgan fingerprint density at radius 1 is 0.808 bits per heavy atom. The van der Waals surface area contributed by atoms with E-state index >= 15 is 0 Å². The number of rotatable bonds is 3. The Bertz CT molecular complexity index is 1110. The van der Waals surface area contributed by atoms with Crippen LogP contribution in [0.15, 0.2) is 54.6 Å². The Kier molecular flexibility index (Phi) is 4.09. The molecule has 4 rings (SSSR count). The highest BCUT2D eigenvalue weighted by Crippen LogP contribution is 2.35. The summed E-state index contributed by atoms with van der Waals surface area (Å²) >= 11 is 0. The summed E-state index contributed by atoms with van der Waals surface area (Å²) in [6, 6.07) is 18.6. The number of nitrogens with zero attached hydrogens (tertiary/aromatic N) is 1. The Balaban J connectivity index is 1.98. The lowest BCUT2D eigenvalue weighted by Crippen LogP contribution is -1.97. The van der Waals surface area contributed by atoms with E-state index in [1.54, 1.807) is 0 Å². The molecule has 3 nitrogen and oxygen atoms in total. The number of anilines is 2. The minimum atomic E-state index is 0.0546. The van der Waals surface area contributed by atoms with Gasteiger partial charge in [0.05, 0.1) is 23.3 Å². The molecule has 130 valence electrons. The quantitative estimate of drug-likeness (QED) is 0.480. The fourth-order valence-corrected chi connectivity index (χ4v) is 3.29. The van der Waals surface area contributed by atoms with Gasteiger partial charge in [0.15, 0.2) is 0 Å². The number of aryl methyl sites for hydroxylation is 3. The van der Waals surface area contributed by atoms with Crippen LogP contribution in [0, 0.1) is 20.8 Å². The molecule has 0 atom stereocenters. The van der Waals surface area contributed by atoms with E-state index in [9.17, 15) is 5.11 Å². The van der Waals surface area contributed by atoms with E-state index in [4.69, 9.17) is 4.98 Å². The SMILES string of the molecule is Cc1ccc2nc3cc(C)c(C)cc3c(Nc3ccc(CO)cc3)c2c1. The Morgan fingerprint density at radius 3 is 2.23 bits per heavy atom. The summed E-state index contributed by atoms with van der Waals surface area (Å²) < 4.78 is 0. The molecule has 3 aromatic carbocycles. The van der Waals surface area contributed by atoms with Gasteiger partial charge < -0.3 is 10.4 Å². The molecule has 26 heavy (non-hydrogen) atoms. The first-order chi connectivity index (χ1) is 12.5. The first-order valence-electron chi connectivity index (χ1n) is 8.83. The van der Waals surface area contributed by atoms with Gasteiger partial charge in [-0.25, -0.2) is 4.98 Å². The van der Waals surface area contributed by atoms with E-state index in [0.29, 0.717) is 0 Å². The summed E-state index contributed by atoms with van der Waals surface area (Å²) in [4.78, 5) is 4.88. The van der Waals surface area contributed by atoms with Crippen LogP contribution >= 0.6 is 0 Å². The summed E-state index contributed by atoms with van der Waals surface area (Å²) in [5, 5.41) is 15.1. The summed E-state index contributed by atoms with van der Waals surface area (Å²) in [5.74, 6) is 0. The maximum atomic E-state index is 9.26. The van der Waals surface area contributed by atoms with Crippen LogP contribution in [0.5, 0.6) is 0 Å². The molecule has 0 radical (unpaired) electrons. The lowest BCUT2D eigenvalue weighted by atomic mass is 10.0. The molecule has 4 aromatic rings. The normalized spacial score (nSPS) is 11.2. The first-order valence-corrected chi connectivity index (χ1v) is 8.83. The van der Waals surface area contributed by atoms with Gasteiger partial charge >= 0.3 is 0 Å². The molecule has 0 amide bonds. The zero-order chi connectivity index (χ0) is 18.3. The summed E-state index contributed by atoms with van der Waals surface area (Å²) in [6.45, 7) is 6.41. The number of benzene rings is 3. The van der Waals surface area contributed by atoms with Gasteiger partial charge in [-0.3, -0.25) is 0 Å². The number of pyridine rings is 1. The minimum Gasteiger partial charge on any atom is -0.392 e. The van der Waals surface area contributed by atoms with E-state index in [2.05, 4.69) is 56.4 Å². The van der Waals surface area contributed by atoms with Crippen molar-refractivity contribution in [1.82, 2.24) is 4.98 Å². The van der Waals surface area contributed by atoms with Gasteiger partial charge in [-0.05, 0) is 73.9 Å². The van der Waals surface area contributed by atoms with Gasteiger partial charge in [-0.1, -0.05) is 23.8 Å². The van der Waals surface area contributed by atoms with Crippen molar-refractivity contribution < 1.29 is 5.11 Å². The van der Waals surface area contributed by atoms with E-state index in [1.807, 2.05) is 24.3 Å². The molecule has 0 fully saturated rings. The molecule has 0 saturated heterocycles. The maximum absolute atomic E-state index is 9.26. The number of aliphatic hydroxyl groups is 1. The molecule has 1 aromatic heterocycles. The summed E-state index contributed by atoms with van der Waals surface area (Å²) in [6.07, 6.45) is 0. The van der Waals surface area contributed by atoms with Crippen molar-refractivity contribution in [3.05, 3.63) is 76.9 Å². The highest BCUT2D eigenvalue weighted by Gasteiger charge is 2.11. The molecule has 0 saturated carbocycles. The fourth-order valence-electron chi connectivity index (χ4n) is 3.29. The third-order valence-electron chi connectivity index (χ3n) is 4.95. The number of nitrogens with one attached hydrogen (secondary N) is 1. The zero-order valence-corrected chi connectivity index (χ0v) is 15.3. The van der Waals surface area contributed by atoms with Crippen molar-refractivity contribution in [2.45, 2.75) is 27.4 Å². The molecule has 2 N–H and O–H groups in total. The molecule has 1 heterocycles. The van der Waals surface area contributed by atoms with Gasteiger partial charge in [-0.2, -0.15) is 0 Å². The molecular weight excluding hydrogens is 320 g/mol. The largest absolute Gasteiger partial charge is 0.392 e. The second-order valence-corrected chi connectivity index (χ2v) is 6.94. The second-order valence-electron chi connectivity index (χ2n) is 6.94. The fraction of sp³-hybridized carbons (Fsp3) is 0.174. The third-order valence-corrected chi connectivity index (χ3v) is 4.95. The molecule has 0 spiro atoms. The smallest absolute Gasteiger partial charge is 0.0733 e. The van der Waals surface area contributed by atoms with Crippen molar-refractivity contribution in [3.63, 3.8) is 0 Å². The Hall–Kier alpha value is -2.91. The predicted molar refractivity (Wildman–Crippen MR) is 109 cm³/mol. The molecule has 0 aliphatic rings. The van der Waals surface area contributed by atoms with Crippen LogP contribution in [-0.2, 0) is 6.61 Å². The molecule has 0 aliphatic heterocycles. The number of aromatic nitrogens is 1. The molecule has 0 bridgehead atoms. The van der Waals surface area contributed by atoms with E-state index < -0.39 is 0 Å². The van der Waals surface area contributed by atoms with Crippen LogP contribution in [0.4, 0.5) is 11.4 Å². The monoisotopic (exact) mass is 342 g/mol. The summed E-state index contributed by atoms with van der Waals surface area (Å²) in [5.41, 5.74) is 8.67. The van der Waals surface area contributed by atoms with Gasteiger partial charge in [0, 0.05) is 16.5 Å². The van der Waals surface area contributed by atoms with Crippen molar-refractivity contribution in [3.8, 4) is 0 Å². The number of aliphatic hydroxyl groups excluding tert-OH is 1. The Labute approximate surface area is 153 Å². The molecule has 0 aliphatic carbocycles. The van der Waals surface area contributed by atoms with Gasteiger partial charge in [0.25, 0.3) is 0 Å². The lowest BCUT2D eigenvalue weighted by Gasteiger charge is -2.15. The summed E-state index contributed by atoms with van der Waals surface area (Å²) in [7, 11) is 0. The van der Waals surface area contributed by atoms with E-state index in [-0.39, 0.29) is 6.61 Å². The number of fused-ring (bicyclic) bond motifs is 2. The highest BCUT2D eigenvalue weighted by molar-refractivity contribution is 6.09. The van der Waals surface area contributed by atoms with Crippen molar-refractivity contribution >= 4 is 33.2 Å². The van der Waals surface area contributed by atoms with E-state index in [0.717, 1.165) is 38.7 Å². The van der Waals surface area contributed by atoms with Crippen molar-refractivity contribution in [1.29, 1.82) is 0 Å². The van der Waals surface area contributed by atoms with Crippen LogP contribution < -0.4 is 5.32 Å². The van der Waals surface area contributed by atoms with Crippen molar-refractivity contribution in [2.24, 2.45) is 0 Å². The van der Waals surface area contributed by atoms with Gasteiger partial charge in [0.2, 0.25) is 0 Å². The highest BCUT2D eigenvalue weighted by atomic mass is 16.3. The predicted octanol–water partition coefficient (Wildman–Crippen LogP) is 5.55. The zero-order valence-electron chi connectivity index (χ0n) is 15.3. The Morgan fingerprint density at radius 2 is 1.50 bits per heavy atom. The average molecular weight is 342 g/mol.